The molecule has 31 heavy (non-hydrogen) atoms. The second-order valence-electron chi connectivity index (χ2n) is 10.6. The van der Waals surface area contributed by atoms with Crippen LogP contribution in [0.25, 0.3) is 0 Å². The summed E-state index contributed by atoms with van der Waals surface area (Å²) in [6, 6.07) is 0. The molecule has 1 N–H and O–H groups in total. The molecule has 0 radical (unpaired) electrons. The molecule has 5 aliphatic rings. The molecule has 2 saturated carbocycles. The number of carbonyl (C=O) groups is 2. The van der Waals surface area contributed by atoms with Gasteiger partial charge < -0.3 is 19.3 Å². The summed E-state index contributed by atoms with van der Waals surface area (Å²) in [5.74, 6) is -0.774. The smallest absolute Gasteiger partial charge is 0.302 e. The number of esters is 1. The van der Waals surface area contributed by atoms with Gasteiger partial charge in [-0.1, -0.05) is 31.1 Å². The Labute approximate surface area is 184 Å². The first-order valence-corrected chi connectivity index (χ1v) is 11.7. The highest BCUT2D eigenvalue weighted by atomic mass is 16.8. The molecule has 5 atom stereocenters. The van der Waals surface area contributed by atoms with E-state index in [0.29, 0.717) is 37.9 Å². The molecule has 170 valence electrons. The molecule has 1 aliphatic heterocycles. The van der Waals surface area contributed by atoms with Crippen molar-refractivity contribution in [1.29, 1.82) is 0 Å². The SMILES string of the molecule is CC(=O)OCC1(C2(O)CCC3C4CCC5=CC(=O)CCC5(C)C4=CCC32C)OCCO1. The lowest BCUT2D eigenvalue weighted by Gasteiger charge is -2.57. The van der Waals surface area contributed by atoms with Crippen molar-refractivity contribution in [1.82, 2.24) is 0 Å². The summed E-state index contributed by atoms with van der Waals surface area (Å²) in [5.41, 5.74) is 1.05. The molecule has 3 fully saturated rings. The lowest BCUT2D eigenvalue weighted by Crippen LogP contribution is -2.65. The van der Waals surface area contributed by atoms with Gasteiger partial charge in [0.05, 0.1) is 13.2 Å². The highest BCUT2D eigenvalue weighted by Gasteiger charge is 2.71. The number of fused-ring (bicyclic) bond motifs is 5. The molecule has 0 spiro atoms. The predicted octanol–water partition coefficient (Wildman–Crippen LogP) is 3.48. The van der Waals surface area contributed by atoms with Gasteiger partial charge in [0, 0.05) is 24.2 Å². The Morgan fingerprint density at radius 3 is 2.65 bits per heavy atom. The summed E-state index contributed by atoms with van der Waals surface area (Å²) in [5, 5.41) is 12.2. The van der Waals surface area contributed by atoms with Crippen molar-refractivity contribution in [2.75, 3.05) is 19.8 Å². The minimum atomic E-state index is -1.31. The zero-order valence-electron chi connectivity index (χ0n) is 18.9. The van der Waals surface area contributed by atoms with Gasteiger partial charge in [-0.05, 0) is 56.4 Å². The first kappa shape index (κ1) is 21.4. The number of carbonyl (C=O) groups excluding carboxylic acids is 2. The van der Waals surface area contributed by atoms with Crippen LogP contribution in [0.1, 0.15) is 65.7 Å². The van der Waals surface area contributed by atoms with Crippen LogP contribution in [0.4, 0.5) is 0 Å². The molecular formula is C25H34O6. The van der Waals surface area contributed by atoms with Gasteiger partial charge in [0.25, 0.3) is 0 Å². The summed E-state index contributed by atoms with van der Waals surface area (Å²) >= 11 is 0. The Morgan fingerprint density at radius 2 is 1.94 bits per heavy atom. The van der Waals surface area contributed by atoms with Crippen LogP contribution < -0.4 is 0 Å². The largest absolute Gasteiger partial charge is 0.460 e. The van der Waals surface area contributed by atoms with E-state index in [0.717, 1.165) is 32.1 Å². The highest BCUT2D eigenvalue weighted by molar-refractivity contribution is 5.92. The Kier molecular flexibility index (Phi) is 4.82. The third-order valence-corrected chi connectivity index (χ3v) is 9.34. The van der Waals surface area contributed by atoms with E-state index in [2.05, 4.69) is 19.9 Å². The number of ether oxygens (including phenoxy) is 3. The highest BCUT2D eigenvalue weighted by Crippen LogP contribution is 2.67. The third kappa shape index (κ3) is 2.80. The van der Waals surface area contributed by atoms with Crippen molar-refractivity contribution in [3.05, 3.63) is 23.3 Å². The van der Waals surface area contributed by atoms with Crippen LogP contribution in [0, 0.1) is 22.7 Å². The Bertz CT molecular complexity index is 867. The molecule has 1 saturated heterocycles. The van der Waals surface area contributed by atoms with Crippen LogP contribution in [-0.2, 0) is 23.8 Å². The van der Waals surface area contributed by atoms with Gasteiger partial charge >= 0.3 is 5.97 Å². The van der Waals surface area contributed by atoms with Crippen molar-refractivity contribution in [3.63, 3.8) is 0 Å². The second-order valence-corrected chi connectivity index (χ2v) is 10.6. The van der Waals surface area contributed by atoms with E-state index in [1.807, 2.05) is 6.08 Å². The van der Waals surface area contributed by atoms with Crippen molar-refractivity contribution in [2.45, 2.75) is 77.1 Å². The van der Waals surface area contributed by atoms with E-state index >= 15 is 0 Å². The predicted molar refractivity (Wildman–Crippen MR) is 113 cm³/mol. The number of ketones is 1. The maximum absolute atomic E-state index is 12.2. The minimum Gasteiger partial charge on any atom is -0.460 e. The molecule has 5 rings (SSSR count). The van der Waals surface area contributed by atoms with E-state index in [4.69, 9.17) is 14.2 Å². The summed E-state index contributed by atoms with van der Waals surface area (Å²) in [7, 11) is 0. The fourth-order valence-electron chi connectivity index (χ4n) is 7.59. The fourth-order valence-corrected chi connectivity index (χ4v) is 7.59. The van der Waals surface area contributed by atoms with Crippen LogP contribution in [0.2, 0.25) is 0 Å². The Hall–Kier alpha value is -1.50. The molecule has 1 heterocycles. The van der Waals surface area contributed by atoms with Gasteiger partial charge in [-0.3, -0.25) is 9.59 Å². The van der Waals surface area contributed by atoms with Crippen molar-refractivity contribution < 1.29 is 28.9 Å². The molecule has 4 aliphatic carbocycles. The van der Waals surface area contributed by atoms with Gasteiger partial charge in [-0.2, -0.15) is 0 Å². The van der Waals surface area contributed by atoms with Gasteiger partial charge in [0.2, 0.25) is 5.79 Å². The number of hydrogen-bond donors (Lipinski definition) is 1. The Morgan fingerprint density at radius 1 is 1.19 bits per heavy atom. The maximum atomic E-state index is 12.2. The van der Waals surface area contributed by atoms with Gasteiger partial charge in [-0.15, -0.1) is 0 Å². The molecule has 0 aromatic rings. The van der Waals surface area contributed by atoms with Crippen LogP contribution in [0.15, 0.2) is 23.3 Å². The zero-order valence-corrected chi connectivity index (χ0v) is 18.9. The number of rotatable bonds is 3. The molecule has 0 bridgehead atoms. The van der Waals surface area contributed by atoms with Crippen LogP contribution in [-0.4, -0.2) is 48.1 Å². The first-order valence-electron chi connectivity index (χ1n) is 11.7. The van der Waals surface area contributed by atoms with E-state index in [-0.39, 0.29) is 17.8 Å². The summed E-state index contributed by atoms with van der Waals surface area (Å²) in [6.45, 7) is 6.51. The van der Waals surface area contributed by atoms with Crippen LogP contribution in [0.5, 0.6) is 0 Å². The van der Waals surface area contributed by atoms with Gasteiger partial charge in [0.1, 0.15) is 12.2 Å². The monoisotopic (exact) mass is 430 g/mol. The van der Waals surface area contributed by atoms with Gasteiger partial charge in [-0.25, -0.2) is 0 Å². The molecule has 5 unspecified atom stereocenters. The Balaban J connectivity index is 1.52. The van der Waals surface area contributed by atoms with Gasteiger partial charge in [0.15, 0.2) is 5.78 Å². The molecule has 0 amide bonds. The molecule has 0 aromatic carbocycles. The molecule has 0 aromatic heterocycles. The van der Waals surface area contributed by atoms with Crippen molar-refractivity contribution >= 4 is 11.8 Å². The topological polar surface area (TPSA) is 82.1 Å². The molecule has 6 nitrogen and oxygen atoms in total. The maximum Gasteiger partial charge on any atom is 0.302 e. The van der Waals surface area contributed by atoms with E-state index in [1.165, 1.54) is 18.1 Å². The van der Waals surface area contributed by atoms with Crippen LogP contribution in [0.3, 0.4) is 0 Å². The minimum absolute atomic E-state index is 0.0331. The second kappa shape index (κ2) is 7.00. The van der Waals surface area contributed by atoms with E-state index in [1.54, 1.807) is 0 Å². The summed E-state index contributed by atoms with van der Waals surface area (Å²) in [4.78, 5) is 23.6. The molecule has 6 heteroatoms. The van der Waals surface area contributed by atoms with Crippen LogP contribution >= 0.6 is 0 Å². The standard InChI is InChI=1S/C25H34O6/c1-16(26)29-15-25(30-12-13-31-25)24(28)11-8-21-19-5-4-17-14-18(27)6-9-22(17,2)20(19)7-10-23(21,24)3/h7,14,19,21,28H,4-6,8-13,15H2,1-3H3. The number of allylic oxidation sites excluding steroid dienone is 4. The normalized spacial score (nSPS) is 43.4. The average Bonchev–Trinajstić information content (AvgIpc) is 3.32. The first-order chi connectivity index (χ1) is 14.7. The average molecular weight is 431 g/mol. The number of aliphatic hydroxyl groups is 1. The molecular weight excluding hydrogens is 396 g/mol. The number of hydrogen-bond acceptors (Lipinski definition) is 6. The summed E-state index contributed by atoms with van der Waals surface area (Å²) < 4.78 is 17.4. The van der Waals surface area contributed by atoms with Crippen molar-refractivity contribution in [3.8, 4) is 0 Å². The zero-order chi connectivity index (χ0) is 22.1. The summed E-state index contributed by atoms with van der Waals surface area (Å²) in [6.07, 6.45) is 9.87. The third-order valence-electron chi connectivity index (χ3n) is 9.34. The lowest BCUT2D eigenvalue weighted by atomic mass is 9.50. The van der Waals surface area contributed by atoms with E-state index in [9.17, 15) is 14.7 Å². The lowest BCUT2D eigenvalue weighted by molar-refractivity contribution is -0.316. The fraction of sp³-hybridized carbons (Fsp3) is 0.760. The quantitative estimate of drug-likeness (QED) is 0.545. The van der Waals surface area contributed by atoms with E-state index < -0.39 is 22.8 Å². The van der Waals surface area contributed by atoms with Crippen molar-refractivity contribution in [2.24, 2.45) is 22.7 Å².